The molecule has 5 heteroatoms. The fourth-order valence-corrected chi connectivity index (χ4v) is 2.13. The lowest BCUT2D eigenvalue weighted by Gasteiger charge is -2.29. The van der Waals surface area contributed by atoms with Crippen LogP contribution in [0.3, 0.4) is 0 Å². The molecule has 0 saturated carbocycles. The van der Waals surface area contributed by atoms with Gasteiger partial charge in [-0.05, 0) is 46.5 Å². The van der Waals surface area contributed by atoms with Gasteiger partial charge in [-0.3, -0.25) is 4.79 Å². The Morgan fingerprint density at radius 3 is 2.09 bits per heavy atom. The maximum Gasteiger partial charge on any atom is 0.410 e. The summed E-state index contributed by atoms with van der Waals surface area (Å²) in [4.78, 5) is 23.5. The molecule has 0 aromatic carbocycles. The quantitative estimate of drug-likeness (QED) is 0.783. The topological polar surface area (TPSA) is 72.6 Å². The van der Waals surface area contributed by atoms with Crippen molar-refractivity contribution in [3.8, 4) is 0 Å². The van der Waals surface area contributed by atoms with Gasteiger partial charge in [0.1, 0.15) is 5.60 Å². The van der Waals surface area contributed by atoms with Crippen molar-refractivity contribution in [2.24, 2.45) is 5.73 Å². The minimum Gasteiger partial charge on any atom is -0.444 e. The molecule has 0 bridgehead atoms. The van der Waals surface area contributed by atoms with Gasteiger partial charge in [0.05, 0.1) is 0 Å². The number of rotatable bonds is 5. The summed E-state index contributed by atoms with van der Waals surface area (Å²) in [5.74, 6) is -0.175. The van der Waals surface area contributed by atoms with Crippen LogP contribution in [0, 0.1) is 0 Å². The van der Waals surface area contributed by atoms with Gasteiger partial charge in [0.15, 0.2) is 0 Å². The summed E-state index contributed by atoms with van der Waals surface area (Å²) in [7, 11) is 0. The number of carbonyl (C=O) groups excluding carboxylic acids is 2. The van der Waals surface area contributed by atoms with Crippen molar-refractivity contribution in [2.75, 3.05) is 13.1 Å². The van der Waals surface area contributed by atoms with Gasteiger partial charge >= 0.3 is 6.09 Å². The average Bonchev–Trinajstić information content (AvgIpc) is 2.43. The zero-order valence-corrected chi connectivity index (χ0v) is 14.8. The van der Waals surface area contributed by atoms with Crippen LogP contribution in [-0.2, 0) is 9.53 Å². The minimum absolute atomic E-state index is 0.160. The van der Waals surface area contributed by atoms with Crippen molar-refractivity contribution in [3.63, 3.8) is 0 Å². The van der Waals surface area contributed by atoms with Gasteiger partial charge in [0.2, 0.25) is 5.91 Å². The van der Waals surface area contributed by atoms with Crippen molar-refractivity contribution in [1.29, 1.82) is 0 Å². The van der Waals surface area contributed by atoms with E-state index in [-0.39, 0.29) is 17.6 Å². The molecule has 0 aromatic heterocycles. The first-order valence-corrected chi connectivity index (χ1v) is 8.52. The molecule has 1 aliphatic heterocycles. The molecule has 0 atom stereocenters. The Morgan fingerprint density at radius 1 is 1.05 bits per heavy atom. The Labute approximate surface area is 135 Å². The highest BCUT2D eigenvalue weighted by molar-refractivity contribution is 5.73. The number of likely N-dealkylation sites (tertiary alicyclic amines) is 1. The lowest BCUT2D eigenvalue weighted by atomic mass is 10.1. The second-order valence-electron chi connectivity index (χ2n) is 6.81. The second-order valence-corrected chi connectivity index (χ2v) is 6.81. The molecule has 1 fully saturated rings. The number of hydrogen-bond acceptors (Lipinski definition) is 3. The fourth-order valence-electron chi connectivity index (χ4n) is 2.13. The normalized spacial score (nSPS) is 14.8. The highest BCUT2D eigenvalue weighted by atomic mass is 16.6. The molecule has 2 N–H and O–H groups in total. The van der Waals surface area contributed by atoms with Gasteiger partial charge in [-0.25, -0.2) is 4.79 Å². The highest BCUT2D eigenvalue weighted by Gasteiger charge is 2.22. The van der Waals surface area contributed by atoms with E-state index in [0.29, 0.717) is 6.42 Å². The Balaban J connectivity index is 0.000000433. The van der Waals surface area contributed by atoms with Crippen LogP contribution in [0.2, 0.25) is 0 Å². The molecule has 5 nitrogen and oxygen atoms in total. The third-order valence-corrected chi connectivity index (χ3v) is 3.28. The molecule has 0 radical (unpaired) electrons. The largest absolute Gasteiger partial charge is 0.444 e. The maximum atomic E-state index is 11.5. The summed E-state index contributed by atoms with van der Waals surface area (Å²) in [6, 6.07) is 0. The number of hydrogen-bond donors (Lipinski definition) is 1. The molecule has 0 unspecified atom stereocenters. The number of amides is 2. The number of unbranched alkanes of at least 4 members (excludes halogenated alkanes) is 3. The number of nitrogens with two attached hydrogens (primary N) is 1. The van der Waals surface area contributed by atoms with Gasteiger partial charge in [0, 0.05) is 19.5 Å². The monoisotopic (exact) mass is 314 g/mol. The van der Waals surface area contributed by atoms with Gasteiger partial charge in [-0.15, -0.1) is 0 Å². The molecule has 0 aliphatic carbocycles. The number of primary amides is 1. The number of nitrogens with zero attached hydrogens (tertiary/aromatic N) is 1. The van der Waals surface area contributed by atoms with Crippen molar-refractivity contribution >= 4 is 12.0 Å². The van der Waals surface area contributed by atoms with Crippen molar-refractivity contribution < 1.29 is 14.3 Å². The first-order chi connectivity index (χ1) is 10.3. The lowest BCUT2D eigenvalue weighted by molar-refractivity contribution is -0.118. The summed E-state index contributed by atoms with van der Waals surface area (Å²) in [5.41, 5.74) is 4.57. The smallest absolute Gasteiger partial charge is 0.410 e. The molecule has 2 amide bonds. The van der Waals surface area contributed by atoms with Crippen LogP contribution in [0.25, 0.3) is 0 Å². The van der Waals surface area contributed by atoms with E-state index < -0.39 is 0 Å². The summed E-state index contributed by atoms with van der Waals surface area (Å²) in [6.07, 6.45) is 8.37. The first-order valence-electron chi connectivity index (χ1n) is 8.52. The SMILES string of the molecule is CC(C)(C)OC(=O)N1CCCCC1.CCCCCCC(N)=O. The standard InChI is InChI=1S/C10H19NO2.C7H15NO/c1-10(2,3)13-9(12)11-7-5-4-6-8-11;1-2-3-4-5-6-7(8)9/h4-8H2,1-3H3;2-6H2,1H3,(H2,8,9). The Hall–Kier alpha value is -1.26. The Bertz CT molecular complexity index is 318. The molecule has 1 heterocycles. The third kappa shape index (κ3) is 12.5. The summed E-state index contributed by atoms with van der Waals surface area (Å²) < 4.78 is 5.26. The van der Waals surface area contributed by atoms with Gasteiger partial charge in [-0.1, -0.05) is 26.2 Å². The van der Waals surface area contributed by atoms with E-state index in [4.69, 9.17) is 10.5 Å². The molecular weight excluding hydrogens is 280 g/mol. The predicted octanol–water partition coefficient (Wildman–Crippen LogP) is 3.85. The van der Waals surface area contributed by atoms with E-state index >= 15 is 0 Å². The second kappa shape index (κ2) is 11.3. The molecule has 130 valence electrons. The average molecular weight is 314 g/mol. The number of piperidine rings is 1. The van der Waals surface area contributed by atoms with E-state index in [9.17, 15) is 9.59 Å². The number of ether oxygens (including phenoxy) is 1. The van der Waals surface area contributed by atoms with Crippen molar-refractivity contribution in [2.45, 2.75) is 84.7 Å². The van der Waals surface area contributed by atoms with Crippen LogP contribution >= 0.6 is 0 Å². The van der Waals surface area contributed by atoms with Gasteiger partial charge < -0.3 is 15.4 Å². The van der Waals surface area contributed by atoms with Crippen LogP contribution in [-0.4, -0.2) is 35.6 Å². The Kier molecular flexibility index (Phi) is 10.7. The van der Waals surface area contributed by atoms with Crippen LogP contribution in [0.4, 0.5) is 4.79 Å². The fraction of sp³-hybridized carbons (Fsp3) is 0.882. The summed E-state index contributed by atoms with van der Waals surface area (Å²) in [6.45, 7) is 9.55. The molecule has 1 saturated heterocycles. The van der Waals surface area contributed by atoms with E-state index in [1.54, 1.807) is 4.90 Å². The maximum absolute atomic E-state index is 11.5. The molecule has 1 aliphatic rings. The molecule has 0 aromatic rings. The third-order valence-electron chi connectivity index (χ3n) is 3.28. The van der Waals surface area contributed by atoms with Crippen molar-refractivity contribution in [3.05, 3.63) is 0 Å². The Morgan fingerprint density at radius 2 is 1.64 bits per heavy atom. The summed E-state index contributed by atoms with van der Waals surface area (Å²) in [5, 5.41) is 0. The van der Waals surface area contributed by atoms with Crippen molar-refractivity contribution in [1.82, 2.24) is 4.90 Å². The van der Waals surface area contributed by atoms with Crippen LogP contribution in [0.1, 0.15) is 79.1 Å². The lowest BCUT2D eigenvalue weighted by Crippen LogP contribution is -2.39. The van der Waals surface area contributed by atoms with Crippen LogP contribution in [0.15, 0.2) is 0 Å². The summed E-state index contributed by atoms with van der Waals surface area (Å²) >= 11 is 0. The van der Waals surface area contributed by atoms with E-state index in [0.717, 1.165) is 38.8 Å². The zero-order chi connectivity index (χ0) is 17.0. The van der Waals surface area contributed by atoms with Gasteiger partial charge in [0.25, 0.3) is 0 Å². The minimum atomic E-state index is -0.367. The molecular formula is C17H34N2O3. The van der Waals surface area contributed by atoms with Crippen LogP contribution in [0.5, 0.6) is 0 Å². The van der Waals surface area contributed by atoms with E-state index in [2.05, 4.69) is 6.92 Å². The predicted molar refractivity (Wildman–Crippen MR) is 89.6 cm³/mol. The van der Waals surface area contributed by atoms with E-state index in [1.165, 1.54) is 19.3 Å². The van der Waals surface area contributed by atoms with E-state index in [1.807, 2.05) is 20.8 Å². The molecule has 1 rings (SSSR count). The first kappa shape index (κ1) is 20.7. The number of carbonyl (C=O) groups is 2. The molecule has 0 spiro atoms. The highest BCUT2D eigenvalue weighted by Crippen LogP contribution is 2.14. The molecule has 22 heavy (non-hydrogen) atoms. The van der Waals surface area contributed by atoms with Crippen LogP contribution < -0.4 is 5.73 Å². The zero-order valence-electron chi connectivity index (χ0n) is 14.8. The van der Waals surface area contributed by atoms with Gasteiger partial charge in [-0.2, -0.15) is 0 Å².